The molecule has 0 heterocycles. The monoisotopic (exact) mass is 227 g/mol. The first-order chi connectivity index (χ1) is 7.45. The van der Waals surface area contributed by atoms with E-state index in [1.807, 2.05) is 0 Å². The Balaban J connectivity index is 3.10. The topological polar surface area (TPSA) is 98.3 Å². The van der Waals surface area contributed by atoms with Gasteiger partial charge in [0, 0.05) is 7.05 Å². The molecule has 1 aromatic carbocycles. The van der Waals surface area contributed by atoms with E-state index in [1.165, 1.54) is 13.1 Å². The van der Waals surface area contributed by atoms with Crippen LogP contribution in [0.1, 0.15) is 5.56 Å². The Morgan fingerprint density at radius 2 is 2.25 bits per heavy atom. The van der Waals surface area contributed by atoms with E-state index in [2.05, 4.69) is 5.32 Å². The fourth-order valence-corrected chi connectivity index (χ4v) is 1.25. The highest BCUT2D eigenvalue weighted by atomic mass is 19.1. The lowest BCUT2D eigenvalue weighted by molar-refractivity contribution is -0.386. The Bertz CT molecular complexity index is 425. The Morgan fingerprint density at radius 1 is 1.62 bits per heavy atom. The normalized spacial score (nSPS) is 9.88. The number of nitrogens with one attached hydrogen (secondary N) is 1. The largest absolute Gasteiger partial charge is 0.393 e. The number of likely N-dealkylation sites (N-methyl/N-ethyl adjacent to an activating group) is 1. The predicted molar refractivity (Wildman–Crippen MR) is 55.2 cm³/mol. The van der Waals surface area contributed by atoms with Crippen LogP contribution < -0.4 is 11.1 Å². The number of halogens is 1. The molecular formula is C9H10FN3O3. The number of rotatable bonds is 3. The van der Waals surface area contributed by atoms with Gasteiger partial charge in [-0.25, -0.2) is 0 Å². The van der Waals surface area contributed by atoms with E-state index >= 15 is 0 Å². The summed E-state index contributed by atoms with van der Waals surface area (Å²) in [5.41, 5.74) is 4.57. The first kappa shape index (κ1) is 11.9. The molecule has 0 unspecified atom stereocenters. The smallest absolute Gasteiger partial charge is 0.327 e. The van der Waals surface area contributed by atoms with Crippen molar-refractivity contribution in [3.05, 3.63) is 33.6 Å². The van der Waals surface area contributed by atoms with Gasteiger partial charge in [-0.3, -0.25) is 14.9 Å². The molecule has 0 aliphatic heterocycles. The van der Waals surface area contributed by atoms with Crippen molar-refractivity contribution in [2.75, 3.05) is 12.8 Å². The molecule has 0 spiro atoms. The zero-order chi connectivity index (χ0) is 12.3. The highest BCUT2D eigenvalue weighted by Crippen LogP contribution is 2.26. The number of nitro benzene ring substituents is 1. The van der Waals surface area contributed by atoms with E-state index in [0.717, 1.165) is 6.07 Å². The van der Waals surface area contributed by atoms with Crippen LogP contribution in [0.5, 0.6) is 0 Å². The minimum absolute atomic E-state index is 0.0738. The van der Waals surface area contributed by atoms with E-state index in [1.54, 1.807) is 0 Å². The molecule has 7 heteroatoms. The maximum absolute atomic E-state index is 13.3. The van der Waals surface area contributed by atoms with E-state index < -0.39 is 16.4 Å². The fraction of sp³-hybridized carbons (Fsp3) is 0.222. The van der Waals surface area contributed by atoms with Gasteiger partial charge in [0.25, 0.3) is 0 Å². The Hall–Kier alpha value is -2.18. The maximum atomic E-state index is 13.3. The third-order valence-electron chi connectivity index (χ3n) is 1.98. The van der Waals surface area contributed by atoms with Crippen LogP contribution in [0.25, 0.3) is 0 Å². The van der Waals surface area contributed by atoms with Crippen molar-refractivity contribution in [1.29, 1.82) is 0 Å². The molecule has 16 heavy (non-hydrogen) atoms. The molecule has 1 rings (SSSR count). The number of hydrogen-bond acceptors (Lipinski definition) is 4. The summed E-state index contributed by atoms with van der Waals surface area (Å²) in [6.07, 6.45) is -0.0738. The molecule has 0 fully saturated rings. The minimum Gasteiger partial charge on any atom is -0.393 e. The molecule has 1 aromatic rings. The molecule has 6 nitrogen and oxygen atoms in total. The van der Waals surface area contributed by atoms with Crippen molar-refractivity contribution in [3.63, 3.8) is 0 Å². The number of nitrogen functional groups attached to an aromatic ring is 1. The van der Waals surface area contributed by atoms with Crippen molar-refractivity contribution in [2.24, 2.45) is 0 Å². The highest BCUT2D eigenvalue weighted by molar-refractivity contribution is 5.79. The number of nitro groups is 1. The summed E-state index contributed by atoms with van der Waals surface area (Å²) in [6, 6.07) is 2.15. The number of nitrogens with two attached hydrogens (primary N) is 1. The third-order valence-corrected chi connectivity index (χ3v) is 1.98. The summed E-state index contributed by atoms with van der Waals surface area (Å²) in [5.74, 6) is -1.36. The van der Waals surface area contributed by atoms with Crippen LogP contribution in [0.3, 0.4) is 0 Å². The third kappa shape index (κ3) is 2.44. The number of nitrogens with zero attached hydrogens (tertiary/aromatic N) is 1. The van der Waals surface area contributed by atoms with Gasteiger partial charge in [-0.05, 0) is 17.7 Å². The van der Waals surface area contributed by atoms with Gasteiger partial charge in [0.05, 0.1) is 11.3 Å². The lowest BCUT2D eigenvalue weighted by Crippen LogP contribution is -2.20. The number of carbonyl (C=O) groups is 1. The predicted octanol–water partition coefficient (Wildman–Crippen LogP) is 0.605. The fourth-order valence-electron chi connectivity index (χ4n) is 1.25. The Kier molecular flexibility index (Phi) is 3.39. The second-order valence-electron chi connectivity index (χ2n) is 3.12. The number of carbonyl (C=O) groups excluding carboxylic acids is 1. The van der Waals surface area contributed by atoms with Gasteiger partial charge >= 0.3 is 5.69 Å². The van der Waals surface area contributed by atoms with Crippen LogP contribution in [0.15, 0.2) is 12.1 Å². The van der Waals surface area contributed by atoms with Gasteiger partial charge in [0.2, 0.25) is 11.7 Å². The van der Waals surface area contributed by atoms with Gasteiger partial charge in [-0.1, -0.05) is 0 Å². The molecule has 0 aromatic heterocycles. The summed E-state index contributed by atoms with van der Waals surface area (Å²) >= 11 is 0. The number of hydrogen-bond donors (Lipinski definition) is 2. The molecule has 0 saturated heterocycles. The van der Waals surface area contributed by atoms with Crippen LogP contribution >= 0.6 is 0 Å². The van der Waals surface area contributed by atoms with E-state index in [4.69, 9.17) is 5.73 Å². The molecule has 0 saturated carbocycles. The number of amides is 1. The average molecular weight is 227 g/mol. The highest BCUT2D eigenvalue weighted by Gasteiger charge is 2.20. The summed E-state index contributed by atoms with van der Waals surface area (Å²) < 4.78 is 13.3. The molecule has 86 valence electrons. The van der Waals surface area contributed by atoms with Crippen LogP contribution in [-0.4, -0.2) is 17.9 Å². The minimum atomic E-state index is -1.04. The maximum Gasteiger partial charge on any atom is 0.327 e. The van der Waals surface area contributed by atoms with Gasteiger partial charge < -0.3 is 11.1 Å². The van der Waals surface area contributed by atoms with E-state index in [-0.39, 0.29) is 18.0 Å². The second kappa shape index (κ2) is 4.56. The standard InChI is InChI=1S/C9H10FN3O3/c1-12-8(14)4-5-2-6(10)9(13(15)16)7(11)3-5/h2-3H,4,11H2,1H3,(H,12,14). The van der Waals surface area contributed by atoms with Gasteiger partial charge in [-0.15, -0.1) is 0 Å². The van der Waals surface area contributed by atoms with Crippen molar-refractivity contribution in [1.82, 2.24) is 5.32 Å². The first-order valence-corrected chi connectivity index (χ1v) is 4.38. The van der Waals surface area contributed by atoms with Gasteiger partial charge in [-0.2, -0.15) is 4.39 Å². The molecule has 0 atom stereocenters. The van der Waals surface area contributed by atoms with Crippen LogP contribution in [0.4, 0.5) is 15.8 Å². The quantitative estimate of drug-likeness (QED) is 0.449. The zero-order valence-corrected chi connectivity index (χ0v) is 8.49. The van der Waals surface area contributed by atoms with Crippen molar-refractivity contribution in [3.8, 4) is 0 Å². The first-order valence-electron chi connectivity index (χ1n) is 4.38. The lowest BCUT2D eigenvalue weighted by atomic mass is 10.1. The van der Waals surface area contributed by atoms with Gasteiger partial charge in [0.1, 0.15) is 5.69 Å². The van der Waals surface area contributed by atoms with Crippen LogP contribution in [-0.2, 0) is 11.2 Å². The van der Waals surface area contributed by atoms with E-state index in [9.17, 15) is 19.3 Å². The van der Waals surface area contributed by atoms with E-state index in [0.29, 0.717) is 5.56 Å². The molecule has 0 radical (unpaired) electrons. The molecule has 1 amide bonds. The van der Waals surface area contributed by atoms with Crippen molar-refractivity contribution < 1.29 is 14.1 Å². The average Bonchev–Trinajstić information content (AvgIpc) is 2.15. The molecule has 0 bridgehead atoms. The number of anilines is 1. The summed E-state index contributed by atoms with van der Waals surface area (Å²) in [6.45, 7) is 0. The summed E-state index contributed by atoms with van der Waals surface area (Å²) in [5, 5.41) is 12.8. The van der Waals surface area contributed by atoms with Gasteiger partial charge in [0.15, 0.2) is 0 Å². The summed E-state index contributed by atoms with van der Waals surface area (Å²) in [4.78, 5) is 20.6. The Morgan fingerprint density at radius 3 is 2.69 bits per heavy atom. The molecular weight excluding hydrogens is 217 g/mol. The molecule has 0 aliphatic carbocycles. The van der Waals surface area contributed by atoms with Crippen LogP contribution in [0, 0.1) is 15.9 Å². The van der Waals surface area contributed by atoms with Crippen molar-refractivity contribution >= 4 is 17.3 Å². The summed E-state index contributed by atoms with van der Waals surface area (Å²) in [7, 11) is 1.44. The van der Waals surface area contributed by atoms with Crippen molar-refractivity contribution in [2.45, 2.75) is 6.42 Å². The lowest BCUT2D eigenvalue weighted by Gasteiger charge is -2.03. The zero-order valence-electron chi connectivity index (χ0n) is 8.49. The number of benzene rings is 1. The molecule has 0 aliphatic rings. The molecule has 3 N–H and O–H groups in total. The van der Waals surface area contributed by atoms with Crippen LogP contribution in [0.2, 0.25) is 0 Å². The SMILES string of the molecule is CNC(=O)Cc1cc(N)c([N+](=O)[O-])c(F)c1. The second-order valence-corrected chi connectivity index (χ2v) is 3.12. The Labute approximate surface area is 90.4 Å².